The molecule has 0 radical (unpaired) electrons. The van der Waals surface area contributed by atoms with Crippen molar-refractivity contribution in [1.29, 1.82) is 0 Å². The number of halogens is 1. The standard InChI is InChI=1S/C21H21ClN8/c1-21(12-24-30(13-21)11-14-6-4-3-5-7-14)19-26-20(29(2)28-19)25-17-9-8-16-15(18(17)22)10-23-27-16/h3-10,12H,11,13H2,1-2H3,(H,23,27)(H,25,26,28). The van der Waals surface area contributed by atoms with E-state index in [1.807, 2.05) is 48.6 Å². The minimum atomic E-state index is -0.370. The Kier molecular flexibility index (Phi) is 4.43. The summed E-state index contributed by atoms with van der Waals surface area (Å²) in [5.41, 5.74) is 2.49. The molecule has 1 aliphatic heterocycles. The monoisotopic (exact) mass is 420 g/mol. The second kappa shape index (κ2) is 7.14. The molecule has 1 aliphatic rings. The fourth-order valence-corrected chi connectivity index (χ4v) is 3.89. The SMILES string of the molecule is Cn1nc(C2(C)C=NN(Cc3ccccc3)C2)nc1Nc1ccc2[nH]ncc2c1Cl. The third kappa shape index (κ3) is 3.29. The molecule has 0 amide bonds. The van der Waals surface area contributed by atoms with E-state index in [9.17, 15) is 0 Å². The van der Waals surface area contributed by atoms with Gasteiger partial charge in [-0.3, -0.25) is 10.1 Å². The number of anilines is 2. The molecule has 0 fully saturated rings. The second-order valence-corrected chi connectivity index (χ2v) is 8.11. The topological polar surface area (TPSA) is 87.0 Å². The predicted molar refractivity (Wildman–Crippen MR) is 118 cm³/mol. The van der Waals surface area contributed by atoms with Crippen LogP contribution in [0.1, 0.15) is 18.3 Å². The number of benzene rings is 2. The Morgan fingerprint density at radius 2 is 2.03 bits per heavy atom. The molecular formula is C21H21ClN8. The molecule has 2 N–H and O–H groups in total. The average Bonchev–Trinajstić information content (AvgIpc) is 3.45. The Bertz CT molecular complexity index is 1230. The van der Waals surface area contributed by atoms with Crippen molar-refractivity contribution in [1.82, 2.24) is 30.0 Å². The molecule has 0 saturated carbocycles. The van der Waals surface area contributed by atoms with Gasteiger partial charge in [0.05, 0.1) is 40.9 Å². The van der Waals surface area contributed by atoms with Gasteiger partial charge in [0.1, 0.15) is 0 Å². The maximum Gasteiger partial charge on any atom is 0.225 e. The fraction of sp³-hybridized carbons (Fsp3) is 0.238. The van der Waals surface area contributed by atoms with Crippen LogP contribution in [0.4, 0.5) is 11.6 Å². The Labute approximate surface area is 178 Å². The van der Waals surface area contributed by atoms with Crippen LogP contribution in [0.15, 0.2) is 53.8 Å². The average molecular weight is 421 g/mol. The third-order valence-electron chi connectivity index (χ3n) is 5.30. The van der Waals surface area contributed by atoms with Gasteiger partial charge in [-0.25, -0.2) is 4.68 Å². The van der Waals surface area contributed by atoms with E-state index in [4.69, 9.17) is 16.6 Å². The summed E-state index contributed by atoms with van der Waals surface area (Å²) in [7, 11) is 1.86. The lowest BCUT2D eigenvalue weighted by Gasteiger charge is -2.20. The zero-order valence-corrected chi connectivity index (χ0v) is 17.4. The van der Waals surface area contributed by atoms with Gasteiger partial charge >= 0.3 is 0 Å². The maximum atomic E-state index is 6.53. The van der Waals surface area contributed by atoms with Crippen LogP contribution in [-0.2, 0) is 19.0 Å². The summed E-state index contributed by atoms with van der Waals surface area (Å²) in [5.74, 6) is 1.33. The number of aryl methyl sites for hydroxylation is 1. The highest BCUT2D eigenvalue weighted by Crippen LogP contribution is 2.32. The van der Waals surface area contributed by atoms with E-state index in [0.29, 0.717) is 23.3 Å². The van der Waals surface area contributed by atoms with Crippen LogP contribution in [0.3, 0.4) is 0 Å². The van der Waals surface area contributed by atoms with Gasteiger partial charge in [0, 0.05) is 18.6 Å². The lowest BCUT2D eigenvalue weighted by molar-refractivity contribution is 0.275. The Hall–Kier alpha value is -3.39. The van der Waals surface area contributed by atoms with Crippen molar-refractivity contribution in [3.63, 3.8) is 0 Å². The van der Waals surface area contributed by atoms with Gasteiger partial charge in [-0.2, -0.15) is 20.3 Å². The third-order valence-corrected chi connectivity index (χ3v) is 5.71. The number of fused-ring (bicyclic) bond motifs is 1. The Morgan fingerprint density at radius 1 is 1.20 bits per heavy atom. The van der Waals surface area contributed by atoms with Crippen LogP contribution in [0.5, 0.6) is 0 Å². The summed E-state index contributed by atoms with van der Waals surface area (Å²) in [4.78, 5) is 4.75. The minimum absolute atomic E-state index is 0.370. The van der Waals surface area contributed by atoms with Crippen molar-refractivity contribution in [2.75, 3.05) is 11.9 Å². The Morgan fingerprint density at radius 3 is 2.87 bits per heavy atom. The molecule has 1 unspecified atom stereocenters. The largest absolute Gasteiger partial charge is 0.323 e. The number of H-pyrrole nitrogens is 1. The number of aromatic amines is 1. The number of nitrogens with zero attached hydrogens (tertiary/aromatic N) is 6. The van der Waals surface area contributed by atoms with Gasteiger partial charge in [-0.15, -0.1) is 0 Å². The molecule has 4 aromatic rings. The molecular weight excluding hydrogens is 400 g/mol. The lowest BCUT2D eigenvalue weighted by Crippen LogP contribution is -2.32. The number of hydrazone groups is 1. The van der Waals surface area contributed by atoms with Gasteiger partial charge in [0.2, 0.25) is 5.95 Å². The van der Waals surface area contributed by atoms with Crippen molar-refractivity contribution in [3.8, 4) is 0 Å². The number of aromatic nitrogens is 5. The smallest absolute Gasteiger partial charge is 0.225 e. The summed E-state index contributed by atoms with van der Waals surface area (Å²) in [6.07, 6.45) is 3.64. The molecule has 9 heteroatoms. The first-order chi connectivity index (χ1) is 14.5. The van der Waals surface area contributed by atoms with Crippen LogP contribution in [0.2, 0.25) is 5.02 Å². The van der Waals surface area contributed by atoms with E-state index in [1.165, 1.54) is 5.56 Å². The summed E-state index contributed by atoms with van der Waals surface area (Å²) in [6, 6.07) is 14.1. The van der Waals surface area contributed by atoms with Crippen molar-refractivity contribution in [2.24, 2.45) is 12.1 Å². The molecule has 1 atom stereocenters. The second-order valence-electron chi connectivity index (χ2n) is 7.74. The predicted octanol–water partition coefficient (Wildman–Crippen LogP) is 3.85. The molecule has 2 aromatic carbocycles. The van der Waals surface area contributed by atoms with Gasteiger partial charge in [-0.05, 0) is 24.6 Å². The molecule has 30 heavy (non-hydrogen) atoms. The summed E-state index contributed by atoms with van der Waals surface area (Å²) < 4.78 is 1.73. The summed E-state index contributed by atoms with van der Waals surface area (Å²) >= 11 is 6.53. The highest BCUT2D eigenvalue weighted by molar-refractivity contribution is 6.38. The number of hydrogen-bond acceptors (Lipinski definition) is 6. The molecule has 2 aromatic heterocycles. The van der Waals surface area contributed by atoms with Crippen LogP contribution in [0, 0.1) is 0 Å². The zero-order chi connectivity index (χ0) is 20.7. The van der Waals surface area contributed by atoms with E-state index in [-0.39, 0.29) is 5.41 Å². The van der Waals surface area contributed by atoms with Crippen LogP contribution in [0.25, 0.3) is 10.9 Å². The zero-order valence-electron chi connectivity index (χ0n) is 16.7. The first-order valence-electron chi connectivity index (χ1n) is 9.66. The van der Waals surface area contributed by atoms with E-state index in [0.717, 1.165) is 23.1 Å². The van der Waals surface area contributed by atoms with E-state index in [1.54, 1.807) is 10.9 Å². The number of hydrogen-bond donors (Lipinski definition) is 2. The number of nitrogens with one attached hydrogen (secondary N) is 2. The fourth-order valence-electron chi connectivity index (χ4n) is 3.62. The van der Waals surface area contributed by atoms with Crippen molar-refractivity contribution in [2.45, 2.75) is 18.9 Å². The highest BCUT2D eigenvalue weighted by Gasteiger charge is 2.36. The number of rotatable bonds is 5. The van der Waals surface area contributed by atoms with Crippen molar-refractivity contribution < 1.29 is 0 Å². The molecule has 0 saturated heterocycles. The lowest BCUT2D eigenvalue weighted by atomic mass is 9.92. The van der Waals surface area contributed by atoms with Gasteiger partial charge in [-0.1, -0.05) is 41.9 Å². The molecule has 5 rings (SSSR count). The van der Waals surface area contributed by atoms with E-state index >= 15 is 0 Å². The van der Waals surface area contributed by atoms with Crippen molar-refractivity contribution in [3.05, 3.63) is 65.1 Å². The van der Waals surface area contributed by atoms with Crippen LogP contribution >= 0.6 is 11.6 Å². The van der Waals surface area contributed by atoms with Gasteiger partial charge in [0.15, 0.2) is 5.82 Å². The van der Waals surface area contributed by atoms with Crippen LogP contribution < -0.4 is 5.32 Å². The van der Waals surface area contributed by atoms with Crippen LogP contribution in [-0.4, -0.2) is 42.7 Å². The van der Waals surface area contributed by atoms with E-state index < -0.39 is 0 Å². The Balaban J connectivity index is 1.36. The van der Waals surface area contributed by atoms with Gasteiger partial charge < -0.3 is 5.32 Å². The highest BCUT2D eigenvalue weighted by atomic mass is 35.5. The molecule has 0 bridgehead atoms. The summed E-state index contributed by atoms with van der Waals surface area (Å²) in [5, 5.41) is 23.0. The quantitative estimate of drug-likeness (QED) is 0.512. The molecule has 0 aliphatic carbocycles. The summed E-state index contributed by atoms with van der Waals surface area (Å²) in [6.45, 7) is 3.57. The normalized spacial score (nSPS) is 18.4. The first-order valence-corrected chi connectivity index (χ1v) is 10.0. The van der Waals surface area contributed by atoms with E-state index in [2.05, 4.69) is 44.8 Å². The van der Waals surface area contributed by atoms with Crippen molar-refractivity contribution >= 4 is 40.4 Å². The minimum Gasteiger partial charge on any atom is -0.323 e. The molecule has 3 heterocycles. The van der Waals surface area contributed by atoms with Gasteiger partial charge in [0.25, 0.3) is 0 Å². The molecule has 8 nitrogen and oxygen atoms in total. The maximum absolute atomic E-state index is 6.53. The molecule has 0 spiro atoms. The molecule has 152 valence electrons. The first kappa shape index (κ1) is 18.6.